The Kier molecular flexibility index (Phi) is 12.9. The van der Waals surface area contributed by atoms with E-state index in [0.717, 1.165) is 58.3 Å². The third kappa shape index (κ3) is 9.76. The van der Waals surface area contributed by atoms with E-state index in [1.54, 1.807) is 18.3 Å². The summed E-state index contributed by atoms with van der Waals surface area (Å²) in [7, 11) is 0. The van der Waals surface area contributed by atoms with E-state index in [1.807, 2.05) is 20.8 Å². The molecule has 4 aromatic rings. The molecule has 310 valence electrons. The standard InChI is InChI=1S/C45H62F2N6O4/c1-10-33-36(46)14-13-30-23-31(54)24-34(38(30)33)40-39(47)41-35(25-48-40)42(52-18-11-12-27(2)26-52)51-43(50-41)57-32-15-19-53(20-16-32)45(8,9)17-21-56-28(3)22-37(55)49-29(4)44(5,6)7/h13-14,23-25,27-29,32,54H,10-12,15-22,26H2,1-9H3,(H,49,55)/t27-,28?,29+/m0/s1. The highest BCUT2D eigenvalue weighted by Gasteiger charge is 2.33. The monoisotopic (exact) mass is 788 g/mol. The van der Waals surface area contributed by atoms with Crippen molar-refractivity contribution in [3.05, 3.63) is 47.7 Å². The summed E-state index contributed by atoms with van der Waals surface area (Å²) in [4.78, 5) is 31.4. The van der Waals surface area contributed by atoms with Gasteiger partial charge in [-0.2, -0.15) is 9.97 Å². The lowest BCUT2D eigenvalue weighted by Crippen LogP contribution is -2.50. The van der Waals surface area contributed by atoms with Gasteiger partial charge in [-0.25, -0.2) is 8.78 Å². The van der Waals surface area contributed by atoms with Gasteiger partial charge in [-0.1, -0.05) is 40.7 Å². The molecule has 2 saturated heterocycles. The first-order valence-electron chi connectivity index (χ1n) is 20.8. The quantitative estimate of drug-likeness (QED) is 0.137. The minimum atomic E-state index is -0.669. The smallest absolute Gasteiger partial charge is 0.319 e. The minimum Gasteiger partial charge on any atom is -0.508 e. The van der Waals surface area contributed by atoms with Crippen molar-refractivity contribution in [1.29, 1.82) is 0 Å². The zero-order valence-corrected chi connectivity index (χ0v) is 35.3. The molecule has 2 N–H and O–H groups in total. The number of nitrogens with one attached hydrogen (secondary N) is 1. The molecule has 0 radical (unpaired) electrons. The number of hydrogen-bond acceptors (Lipinski definition) is 9. The van der Waals surface area contributed by atoms with E-state index >= 15 is 8.78 Å². The van der Waals surface area contributed by atoms with Gasteiger partial charge in [-0.15, -0.1) is 0 Å². The predicted molar refractivity (Wildman–Crippen MR) is 223 cm³/mol. The van der Waals surface area contributed by atoms with E-state index in [0.29, 0.717) is 58.5 Å². The summed E-state index contributed by atoms with van der Waals surface area (Å²) in [5, 5.41) is 15.4. The van der Waals surface area contributed by atoms with Crippen LogP contribution in [0.5, 0.6) is 11.8 Å². The zero-order chi connectivity index (χ0) is 41.2. The second-order valence-electron chi connectivity index (χ2n) is 18.1. The van der Waals surface area contributed by atoms with Gasteiger partial charge < -0.3 is 24.8 Å². The summed E-state index contributed by atoms with van der Waals surface area (Å²) in [5.74, 6) is -0.0880. The molecule has 0 saturated carbocycles. The first-order valence-corrected chi connectivity index (χ1v) is 20.8. The number of likely N-dealkylation sites (tertiary alicyclic amines) is 1. The van der Waals surface area contributed by atoms with Crippen molar-refractivity contribution in [1.82, 2.24) is 25.2 Å². The van der Waals surface area contributed by atoms with Gasteiger partial charge in [0, 0.05) is 56.1 Å². The third-order valence-corrected chi connectivity index (χ3v) is 12.2. The summed E-state index contributed by atoms with van der Waals surface area (Å²) in [5.41, 5.74) is 0.667. The van der Waals surface area contributed by atoms with Gasteiger partial charge in [0.05, 0.1) is 17.9 Å². The Balaban J connectivity index is 1.18. The Morgan fingerprint density at radius 2 is 1.79 bits per heavy atom. The van der Waals surface area contributed by atoms with E-state index < -0.39 is 11.6 Å². The van der Waals surface area contributed by atoms with Gasteiger partial charge in [0.1, 0.15) is 34.7 Å². The van der Waals surface area contributed by atoms with Crippen LogP contribution in [0.25, 0.3) is 32.9 Å². The third-order valence-electron chi connectivity index (χ3n) is 12.2. The fourth-order valence-corrected chi connectivity index (χ4v) is 8.15. The summed E-state index contributed by atoms with van der Waals surface area (Å²) < 4.78 is 44.7. The molecule has 2 aliphatic rings. The predicted octanol–water partition coefficient (Wildman–Crippen LogP) is 8.99. The number of benzene rings is 2. The van der Waals surface area contributed by atoms with E-state index in [2.05, 4.69) is 61.6 Å². The van der Waals surface area contributed by atoms with Gasteiger partial charge in [0.25, 0.3) is 0 Å². The molecule has 2 aliphatic heterocycles. The number of halogens is 2. The number of piperidine rings is 2. The summed E-state index contributed by atoms with van der Waals surface area (Å²) in [6.07, 6.45) is 6.36. The highest BCUT2D eigenvalue weighted by molar-refractivity contribution is 6.01. The maximum Gasteiger partial charge on any atom is 0.319 e. The topological polar surface area (TPSA) is 113 Å². The number of phenols is 1. The molecular weight excluding hydrogens is 727 g/mol. The molecule has 12 heteroatoms. The fourth-order valence-electron chi connectivity index (χ4n) is 8.15. The maximum absolute atomic E-state index is 17.0. The van der Waals surface area contributed by atoms with E-state index in [9.17, 15) is 9.90 Å². The highest BCUT2D eigenvalue weighted by atomic mass is 19.1. The molecule has 4 heterocycles. The number of carbonyl (C=O) groups excluding carboxylic acids is 1. The van der Waals surface area contributed by atoms with Crippen molar-refractivity contribution >= 4 is 33.4 Å². The summed E-state index contributed by atoms with van der Waals surface area (Å²) in [6.45, 7) is 22.5. The molecule has 0 aliphatic carbocycles. The Bertz CT molecular complexity index is 2060. The molecule has 3 atom stereocenters. The normalized spacial score (nSPS) is 18.6. The number of pyridine rings is 1. The highest BCUT2D eigenvalue weighted by Crippen LogP contribution is 2.40. The van der Waals surface area contributed by atoms with Gasteiger partial charge >= 0.3 is 6.01 Å². The van der Waals surface area contributed by atoms with Crippen LogP contribution >= 0.6 is 0 Å². The number of nitrogens with zero attached hydrogens (tertiary/aromatic N) is 5. The average Bonchev–Trinajstić information content (AvgIpc) is 3.14. The van der Waals surface area contributed by atoms with Crippen molar-refractivity contribution in [3.63, 3.8) is 0 Å². The van der Waals surface area contributed by atoms with Crippen LogP contribution in [0.4, 0.5) is 14.6 Å². The number of aromatic hydroxyl groups is 1. The Labute approximate surface area is 336 Å². The fraction of sp³-hybridized carbons (Fsp3) is 0.600. The van der Waals surface area contributed by atoms with Crippen LogP contribution in [-0.2, 0) is 16.0 Å². The number of aromatic nitrogens is 3. The first-order chi connectivity index (χ1) is 26.9. The lowest BCUT2D eigenvalue weighted by atomic mass is 9.88. The SMILES string of the molecule is CCc1c(F)ccc2cc(O)cc(-c3ncc4c(N5CCC[C@H](C)C5)nc(OC5CCN(C(C)(C)CCOC(C)CC(=O)N[C@H](C)C(C)(C)C)CC5)nc4c3F)c12. The van der Waals surface area contributed by atoms with Gasteiger partial charge in [0.15, 0.2) is 5.82 Å². The van der Waals surface area contributed by atoms with Crippen LogP contribution in [0, 0.1) is 23.0 Å². The Morgan fingerprint density at radius 1 is 1.05 bits per heavy atom. The number of phenolic OH excluding ortho intramolecular Hbond substituents is 1. The number of hydrogen-bond donors (Lipinski definition) is 2. The van der Waals surface area contributed by atoms with Crippen molar-refractivity contribution in [2.45, 2.75) is 131 Å². The van der Waals surface area contributed by atoms with Crippen LogP contribution in [0.3, 0.4) is 0 Å². The summed E-state index contributed by atoms with van der Waals surface area (Å²) in [6, 6.07) is 6.15. The number of fused-ring (bicyclic) bond motifs is 2. The number of rotatable bonds is 13. The summed E-state index contributed by atoms with van der Waals surface area (Å²) >= 11 is 0. The number of aryl methyl sites for hydroxylation is 1. The van der Waals surface area contributed by atoms with Gasteiger partial charge in [-0.3, -0.25) is 14.7 Å². The molecule has 2 fully saturated rings. The molecule has 6 rings (SSSR count). The number of amides is 1. The van der Waals surface area contributed by atoms with E-state index in [4.69, 9.17) is 19.4 Å². The van der Waals surface area contributed by atoms with Crippen LogP contribution in [0.2, 0.25) is 0 Å². The largest absolute Gasteiger partial charge is 0.508 e. The Hall–Kier alpha value is -4.16. The van der Waals surface area contributed by atoms with Gasteiger partial charge in [0.2, 0.25) is 5.91 Å². The van der Waals surface area contributed by atoms with E-state index in [-0.39, 0.29) is 58.1 Å². The number of anilines is 1. The first kappa shape index (κ1) is 42.4. The average molecular weight is 789 g/mol. The second-order valence-corrected chi connectivity index (χ2v) is 18.1. The molecular formula is C45H62F2N6O4. The molecule has 0 spiro atoms. The molecule has 1 unspecified atom stereocenters. The lowest BCUT2D eigenvalue weighted by Gasteiger charge is -2.43. The molecule has 0 bridgehead atoms. The van der Waals surface area contributed by atoms with Crippen molar-refractivity contribution < 1.29 is 28.2 Å². The maximum atomic E-state index is 17.0. The molecule has 2 aromatic carbocycles. The van der Waals surface area contributed by atoms with Crippen molar-refractivity contribution in [2.75, 3.05) is 37.7 Å². The van der Waals surface area contributed by atoms with Crippen LogP contribution in [0.1, 0.15) is 106 Å². The molecule has 10 nitrogen and oxygen atoms in total. The van der Waals surface area contributed by atoms with Crippen LogP contribution < -0.4 is 15.0 Å². The Morgan fingerprint density at radius 3 is 2.47 bits per heavy atom. The molecule has 57 heavy (non-hydrogen) atoms. The number of ether oxygens (including phenoxy) is 2. The van der Waals surface area contributed by atoms with Crippen molar-refractivity contribution in [2.24, 2.45) is 11.3 Å². The van der Waals surface area contributed by atoms with Crippen molar-refractivity contribution in [3.8, 4) is 23.0 Å². The number of carbonyl (C=O) groups is 1. The second kappa shape index (κ2) is 17.4. The van der Waals surface area contributed by atoms with Crippen LogP contribution in [0.15, 0.2) is 30.5 Å². The minimum absolute atomic E-state index is 0.00598. The molecule has 1 amide bonds. The van der Waals surface area contributed by atoms with E-state index in [1.165, 1.54) is 12.1 Å². The molecule has 2 aromatic heterocycles. The zero-order valence-electron chi connectivity index (χ0n) is 35.3. The van der Waals surface area contributed by atoms with Gasteiger partial charge in [-0.05, 0) is 112 Å². The van der Waals surface area contributed by atoms with Crippen LogP contribution in [-0.4, -0.2) is 87.4 Å². The lowest BCUT2D eigenvalue weighted by molar-refractivity contribution is -0.125.